The van der Waals surface area contributed by atoms with Crippen LogP contribution in [0.3, 0.4) is 0 Å². The summed E-state index contributed by atoms with van der Waals surface area (Å²) in [7, 11) is 0. The highest BCUT2D eigenvalue weighted by Gasteiger charge is 2.25. The number of likely N-dealkylation sites (tertiary alicyclic amines) is 1. The first-order valence-corrected chi connectivity index (χ1v) is 12.3. The van der Waals surface area contributed by atoms with Crippen LogP contribution in [0.4, 0.5) is 0 Å². The Morgan fingerprint density at radius 1 is 1.12 bits per heavy atom. The van der Waals surface area contributed by atoms with E-state index in [4.69, 9.17) is 27.7 Å². The zero-order valence-corrected chi connectivity index (χ0v) is 19.8. The molecule has 0 unspecified atom stereocenters. The predicted molar refractivity (Wildman–Crippen MR) is 128 cm³/mol. The van der Waals surface area contributed by atoms with Gasteiger partial charge in [0.05, 0.1) is 6.54 Å². The van der Waals surface area contributed by atoms with E-state index in [1.807, 2.05) is 48.5 Å². The molecule has 9 heteroatoms. The molecule has 0 spiro atoms. The molecule has 3 aromatic rings. The van der Waals surface area contributed by atoms with Crippen LogP contribution in [0.2, 0.25) is 10.0 Å². The van der Waals surface area contributed by atoms with Crippen molar-refractivity contribution < 1.29 is 9.32 Å². The minimum absolute atomic E-state index is 0.0523. The monoisotopic (exact) mass is 490 g/mol. The Morgan fingerprint density at radius 3 is 2.66 bits per heavy atom. The largest absolute Gasteiger partial charge is 0.355 e. The number of piperidine rings is 1. The van der Waals surface area contributed by atoms with E-state index >= 15 is 0 Å². The topological polar surface area (TPSA) is 71.3 Å². The molecule has 1 N–H and O–H groups in total. The standard InChI is InChI=1S/C23H24Cl2N4O2S/c24-18-4-6-20(7-5-18)32-13-10-26-23(30)16-8-11-29(12-9-16)15-21-27-22(28-31-21)17-2-1-3-19(25)14-17/h1-7,14,16H,8-13,15H2,(H,26,30). The zero-order valence-electron chi connectivity index (χ0n) is 17.5. The lowest BCUT2D eigenvalue weighted by molar-refractivity contribution is -0.126. The summed E-state index contributed by atoms with van der Waals surface area (Å²) in [6, 6.07) is 15.1. The molecule has 4 rings (SSSR count). The lowest BCUT2D eigenvalue weighted by Gasteiger charge is -2.30. The highest BCUT2D eigenvalue weighted by atomic mass is 35.5. The fourth-order valence-electron chi connectivity index (χ4n) is 3.63. The third kappa shape index (κ3) is 6.48. The molecular weight excluding hydrogens is 467 g/mol. The van der Waals surface area contributed by atoms with Gasteiger partial charge in [0.1, 0.15) is 0 Å². The van der Waals surface area contributed by atoms with Gasteiger partial charge in [-0.05, 0) is 62.3 Å². The summed E-state index contributed by atoms with van der Waals surface area (Å²) in [6.45, 7) is 2.89. The summed E-state index contributed by atoms with van der Waals surface area (Å²) < 4.78 is 5.41. The third-order valence-corrected chi connectivity index (χ3v) is 6.85. The number of aromatic nitrogens is 2. The van der Waals surface area contributed by atoms with E-state index in [9.17, 15) is 4.79 Å². The maximum Gasteiger partial charge on any atom is 0.241 e. The summed E-state index contributed by atoms with van der Waals surface area (Å²) >= 11 is 13.6. The van der Waals surface area contributed by atoms with Gasteiger partial charge in [0.2, 0.25) is 17.6 Å². The number of amides is 1. The number of nitrogens with one attached hydrogen (secondary N) is 1. The van der Waals surface area contributed by atoms with Crippen LogP contribution in [0.15, 0.2) is 57.9 Å². The van der Waals surface area contributed by atoms with Crippen molar-refractivity contribution in [1.29, 1.82) is 0 Å². The van der Waals surface area contributed by atoms with E-state index in [1.54, 1.807) is 11.8 Å². The van der Waals surface area contributed by atoms with Gasteiger partial charge >= 0.3 is 0 Å². The molecule has 1 fully saturated rings. The first-order valence-electron chi connectivity index (χ1n) is 10.5. The van der Waals surface area contributed by atoms with E-state index in [2.05, 4.69) is 20.4 Å². The van der Waals surface area contributed by atoms with Gasteiger partial charge in [0.15, 0.2) is 0 Å². The van der Waals surface area contributed by atoms with Crippen LogP contribution in [-0.4, -0.2) is 46.3 Å². The highest BCUT2D eigenvalue weighted by molar-refractivity contribution is 7.99. The summed E-state index contributed by atoms with van der Waals surface area (Å²) in [5.74, 6) is 2.13. The number of hydrogen-bond acceptors (Lipinski definition) is 6. The first kappa shape index (κ1) is 23.1. The number of thioether (sulfide) groups is 1. The van der Waals surface area contributed by atoms with Crippen molar-refractivity contribution in [2.45, 2.75) is 24.3 Å². The Hall–Kier alpha value is -2.06. The van der Waals surface area contributed by atoms with E-state index in [-0.39, 0.29) is 11.8 Å². The number of hydrogen-bond donors (Lipinski definition) is 1. The van der Waals surface area contributed by atoms with Gasteiger partial charge in [-0.1, -0.05) is 40.5 Å². The molecule has 1 saturated heterocycles. The lowest BCUT2D eigenvalue weighted by Crippen LogP contribution is -2.40. The number of nitrogens with zero attached hydrogens (tertiary/aromatic N) is 3. The Morgan fingerprint density at radius 2 is 1.91 bits per heavy atom. The van der Waals surface area contributed by atoms with Crippen LogP contribution in [0, 0.1) is 5.92 Å². The van der Waals surface area contributed by atoms with Crippen LogP contribution in [0.1, 0.15) is 18.7 Å². The van der Waals surface area contributed by atoms with Gasteiger partial charge in [-0.3, -0.25) is 9.69 Å². The van der Waals surface area contributed by atoms with E-state index in [0.29, 0.717) is 29.8 Å². The lowest BCUT2D eigenvalue weighted by atomic mass is 9.96. The fourth-order valence-corrected chi connectivity index (χ4v) is 4.71. The second-order valence-electron chi connectivity index (χ2n) is 7.67. The molecule has 0 bridgehead atoms. The summed E-state index contributed by atoms with van der Waals surface area (Å²) in [5.41, 5.74) is 0.831. The minimum Gasteiger partial charge on any atom is -0.355 e. The molecule has 2 aromatic carbocycles. The molecule has 1 aliphatic rings. The SMILES string of the molecule is O=C(NCCSc1ccc(Cl)cc1)C1CCN(Cc2nc(-c3cccc(Cl)c3)no2)CC1. The normalized spacial score (nSPS) is 15.1. The molecule has 2 heterocycles. The van der Waals surface area contributed by atoms with E-state index < -0.39 is 0 Å². The van der Waals surface area contributed by atoms with Crippen LogP contribution >= 0.6 is 35.0 Å². The van der Waals surface area contributed by atoms with Crippen LogP contribution < -0.4 is 5.32 Å². The Bertz CT molecular complexity index is 1040. The van der Waals surface area contributed by atoms with Crippen molar-refractivity contribution in [3.63, 3.8) is 0 Å². The summed E-state index contributed by atoms with van der Waals surface area (Å²) in [4.78, 5) is 20.4. The Kier molecular flexibility index (Phi) is 8.08. The van der Waals surface area contributed by atoms with E-state index in [0.717, 1.165) is 47.2 Å². The molecule has 0 radical (unpaired) electrons. The van der Waals surface area contributed by atoms with Crippen molar-refractivity contribution in [2.24, 2.45) is 5.92 Å². The average Bonchev–Trinajstić information content (AvgIpc) is 3.27. The Labute approximate surface area is 201 Å². The highest BCUT2D eigenvalue weighted by Crippen LogP contribution is 2.23. The molecule has 0 atom stereocenters. The molecule has 32 heavy (non-hydrogen) atoms. The molecule has 168 valence electrons. The van der Waals surface area contributed by atoms with Gasteiger partial charge in [-0.15, -0.1) is 11.8 Å². The molecule has 6 nitrogen and oxygen atoms in total. The van der Waals surface area contributed by atoms with Crippen molar-refractivity contribution in [1.82, 2.24) is 20.4 Å². The molecule has 0 aliphatic carbocycles. The quantitative estimate of drug-likeness (QED) is 0.347. The van der Waals surface area contributed by atoms with Crippen LogP contribution in [0.25, 0.3) is 11.4 Å². The van der Waals surface area contributed by atoms with Crippen molar-refractivity contribution >= 4 is 40.9 Å². The second-order valence-corrected chi connectivity index (χ2v) is 9.71. The van der Waals surface area contributed by atoms with Crippen molar-refractivity contribution in [3.8, 4) is 11.4 Å². The minimum atomic E-state index is 0.0523. The molecule has 1 aliphatic heterocycles. The predicted octanol–water partition coefficient (Wildman–Crippen LogP) is 5.16. The van der Waals surface area contributed by atoms with Gasteiger partial charge in [-0.2, -0.15) is 4.98 Å². The second kappa shape index (κ2) is 11.2. The van der Waals surface area contributed by atoms with Gasteiger partial charge < -0.3 is 9.84 Å². The number of carbonyl (C=O) groups is 1. The van der Waals surface area contributed by atoms with E-state index in [1.165, 1.54) is 0 Å². The molecule has 0 saturated carbocycles. The van der Waals surface area contributed by atoms with Gasteiger partial charge in [0, 0.05) is 38.7 Å². The van der Waals surface area contributed by atoms with Crippen molar-refractivity contribution in [3.05, 3.63) is 64.5 Å². The molecule has 1 aromatic heterocycles. The van der Waals surface area contributed by atoms with Gasteiger partial charge in [-0.25, -0.2) is 0 Å². The fraction of sp³-hybridized carbons (Fsp3) is 0.348. The maximum atomic E-state index is 12.5. The number of benzene rings is 2. The molecular formula is C23H24Cl2N4O2S. The number of halogens is 2. The Balaban J connectivity index is 1.17. The third-order valence-electron chi connectivity index (χ3n) is 5.35. The summed E-state index contributed by atoms with van der Waals surface area (Å²) in [5, 5.41) is 8.50. The average molecular weight is 491 g/mol. The smallest absolute Gasteiger partial charge is 0.241 e. The number of carbonyl (C=O) groups excluding carboxylic acids is 1. The summed E-state index contributed by atoms with van der Waals surface area (Å²) in [6.07, 6.45) is 1.65. The number of rotatable bonds is 8. The van der Waals surface area contributed by atoms with Crippen LogP contribution in [-0.2, 0) is 11.3 Å². The van der Waals surface area contributed by atoms with Gasteiger partial charge in [0.25, 0.3) is 0 Å². The maximum absolute atomic E-state index is 12.5. The zero-order chi connectivity index (χ0) is 22.3. The van der Waals surface area contributed by atoms with Crippen LogP contribution in [0.5, 0.6) is 0 Å². The first-order chi connectivity index (χ1) is 15.6. The van der Waals surface area contributed by atoms with Crippen molar-refractivity contribution in [2.75, 3.05) is 25.4 Å². The molecule has 1 amide bonds.